The summed E-state index contributed by atoms with van der Waals surface area (Å²) >= 11 is 1.91. The molecule has 0 aliphatic rings. The molecule has 0 bridgehead atoms. The summed E-state index contributed by atoms with van der Waals surface area (Å²) in [5.41, 5.74) is 4.05. The Bertz CT molecular complexity index is 1580. The second-order valence-corrected chi connectivity index (χ2v) is 10.3. The quantitative estimate of drug-likeness (QED) is 0.224. The van der Waals surface area contributed by atoms with Crippen LogP contribution in [0.3, 0.4) is 0 Å². The molecule has 6 aromatic rings. The Morgan fingerprint density at radius 3 is 1.91 bits per heavy atom. The number of fused-ring (bicyclic) bond motifs is 5. The predicted octanol–water partition coefficient (Wildman–Crippen LogP) is 10.2. The fraction of sp³-hybridized carbons (Fsp3) is 0.188. The van der Waals surface area contributed by atoms with Crippen LogP contribution in [0.25, 0.3) is 52.8 Å². The van der Waals surface area contributed by atoms with E-state index in [1.54, 1.807) is 0 Å². The third-order valence-corrected chi connectivity index (χ3v) is 8.02. The molecule has 0 unspecified atom stereocenters. The minimum Gasteiger partial charge on any atom is -0.135 e. The molecule has 0 aliphatic carbocycles. The van der Waals surface area contributed by atoms with Crippen LogP contribution in [0.1, 0.15) is 38.2 Å². The molecule has 0 amide bonds. The summed E-state index contributed by atoms with van der Waals surface area (Å²) in [5, 5.41) is 8.00. The van der Waals surface area contributed by atoms with Crippen LogP contribution in [0, 0.1) is 0 Å². The van der Waals surface area contributed by atoms with Crippen LogP contribution in [-0.2, 0) is 6.42 Å². The molecule has 0 fully saturated rings. The minimum atomic E-state index is 1.19. The summed E-state index contributed by atoms with van der Waals surface area (Å²) in [5.74, 6) is 0. The summed E-state index contributed by atoms with van der Waals surface area (Å²) in [7, 11) is 0. The van der Waals surface area contributed by atoms with E-state index in [1.165, 1.54) is 90.5 Å². The molecule has 0 atom stereocenters. The van der Waals surface area contributed by atoms with Crippen molar-refractivity contribution in [3.8, 4) is 11.1 Å². The molecule has 0 N–H and O–H groups in total. The highest BCUT2D eigenvalue weighted by Crippen LogP contribution is 2.39. The molecule has 0 spiro atoms. The normalized spacial score (nSPS) is 11.8. The standard InChI is InChI=1S/C32H28S/c1-2-3-4-5-8-22-11-13-23(14-12-22)26-15-16-27-19-30-29-18-24-9-6-7-10-25(24)20-31(29)33-32(30)21-28(27)17-26/h6-7,9-21H,2-5,8H2,1H3. The molecule has 1 aromatic heterocycles. The highest BCUT2D eigenvalue weighted by molar-refractivity contribution is 7.26. The minimum absolute atomic E-state index is 1.19. The van der Waals surface area contributed by atoms with Gasteiger partial charge in [0.1, 0.15) is 0 Å². The van der Waals surface area contributed by atoms with Gasteiger partial charge in [-0.15, -0.1) is 11.3 Å². The zero-order valence-electron chi connectivity index (χ0n) is 19.1. The van der Waals surface area contributed by atoms with Crippen molar-refractivity contribution < 1.29 is 0 Å². The van der Waals surface area contributed by atoms with Crippen molar-refractivity contribution in [2.45, 2.75) is 39.0 Å². The van der Waals surface area contributed by atoms with Gasteiger partial charge in [-0.3, -0.25) is 0 Å². The third-order valence-electron chi connectivity index (χ3n) is 6.90. The molecular weight excluding hydrogens is 416 g/mol. The van der Waals surface area contributed by atoms with Crippen LogP contribution in [0.15, 0.2) is 91.0 Å². The Morgan fingerprint density at radius 1 is 0.545 bits per heavy atom. The Morgan fingerprint density at radius 2 is 1.18 bits per heavy atom. The van der Waals surface area contributed by atoms with E-state index in [2.05, 4.69) is 97.9 Å². The molecule has 162 valence electrons. The molecular formula is C32H28S. The van der Waals surface area contributed by atoms with E-state index in [0.29, 0.717) is 0 Å². The maximum absolute atomic E-state index is 2.38. The molecule has 1 heteroatoms. The molecule has 0 saturated heterocycles. The summed E-state index contributed by atoms with van der Waals surface area (Å²) in [6.45, 7) is 2.27. The van der Waals surface area contributed by atoms with Gasteiger partial charge in [0.25, 0.3) is 0 Å². The Kier molecular flexibility index (Phi) is 5.36. The average molecular weight is 445 g/mol. The van der Waals surface area contributed by atoms with Gasteiger partial charge in [0.05, 0.1) is 0 Å². The number of hydrogen-bond donors (Lipinski definition) is 0. The molecule has 0 nitrogen and oxygen atoms in total. The van der Waals surface area contributed by atoms with Crippen molar-refractivity contribution in [1.82, 2.24) is 0 Å². The molecule has 0 aliphatic heterocycles. The van der Waals surface area contributed by atoms with Crippen molar-refractivity contribution in [3.63, 3.8) is 0 Å². The highest BCUT2D eigenvalue weighted by atomic mass is 32.1. The van der Waals surface area contributed by atoms with E-state index in [0.717, 1.165) is 0 Å². The van der Waals surface area contributed by atoms with Gasteiger partial charge in [-0.05, 0) is 81.4 Å². The average Bonchev–Trinajstić information content (AvgIpc) is 3.20. The van der Waals surface area contributed by atoms with Crippen LogP contribution in [0.5, 0.6) is 0 Å². The van der Waals surface area contributed by atoms with Crippen molar-refractivity contribution >= 4 is 53.1 Å². The van der Waals surface area contributed by atoms with Gasteiger partial charge >= 0.3 is 0 Å². The van der Waals surface area contributed by atoms with Crippen molar-refractivity contribution in [2.24, 2.45) is 0 Å². The van der Waals surface area contributed by atoms with Crippen LogP contribution < -0.4 is 0 Å². The largest absolute Gasteiger partial charge is 0.135 e. The Hall–Kier alpha value is -3.16. The maximum atomic E-state index is 2.38. The maximum Gasteiger partial charge on any atom is 0.0361 e. The van der Waals surface area contributed by atoms with Crippen molar-refractivity contribution in [3.05, 3.63) is 96.6 Å². The lowest BCUT2D eigenvalue weighted by Gasteiger charge is -2.07. The smallest absolute Gasteiger partial charge is 0.0361 e. The van der Waals surface area contributed by atoms with Crippen LogP contribution in [0.4, 0.5) is 0 Å². The van der Waals surface area contributed by atoms with E-state index < -0.39 is 0 Å². The lowest BCUT2D eigenvalue weighted by atomic mass is 9.98. The Balaban J connectivity index is 1.36. The van der Waals surface area contributed by atoms with E-state index in [1.807, 2.05) is 11.3 Å². The van der Waals surface area contributed by atoms with E-state index in [9.17, 15) is 0 Å². The lowest BCUT2D eigenvalue weighted by molar-refractivity contribution is 0.667. The number of hydrogen-bond acceptors (Lipinski definition) is 1. The zero-order valence-corrected chi connectivity index (χ0v) is 19.9. The first kappa shape index (κ1) is 20.4. The zero-order chi connectivity index (χ0) is 22.2. The molecule has 1 heterocycles. The lowest BCUT2D eigenvalue weighted by Crippen LogP contribution is -1.86. The van der Waals surface area contributed by atoms with Gasteiger partial charge < -0.3 is 0 Å². The topological polar surface area (TPSA) is 0 Å². The van der Waals surface area contributed by atoms with Crippen molar-refractivity contribution in [2.75, 3.05) is 0 Å². The molecule has 33 heavy (non-hydrogen) atoms. The van der Waals surface area contributed by atoms with Gasteiger partial charge in [-0.2, -0.15) is 0 Å². The van der Waals surface area contributed by atoms with Gasteiger partial charge in [0.15, 0.2) is 0 Å². The monoisotopic (exact) mass is 444 g/mol. The summed E-state index contributed by atoms with van der Waals surface area (Å²) in [4.78, 5) is 0. The number of benzene rings is 5. The van der Waals surface area contributed by atoms with Gasteiger partial charge in [0, 0.05) is 20.2 Å². The van der Waals surface area contributed by atoms with E-state index >= 15 is 0 Å². The van der Waals surface area contributed by atoms with Crippen LogP contribution in [-0.4, -0.2) is 0 Å². The second kappa shape index (κ2) is 8.65. The Labute approximate surface area is 199 Å². The van der Waals surface area contributed by atoms with Gasteiger partial charge in [0.2, 0.25) is 0 Å². The molecule has 0 saturated carbocycles. The fourth-order valence-electron chi connectivity index (χ4n) is 5.00. The second-order valence-electron chi connectivity index (χ2n) is 9.22. The van der Waals surface area contributed by atoms with Crippen molar-refractivity contribution in [1.29, 1.82) is 0 Å². The summed E-state index contributed by atoms with van der Waals surface area (Å²) in [6, 6.07) is 34.2. The SMILES string of the molecule is CCCCCCc1ccc(-c2ccc3cc4c(cc3c2)sc2cc3ccccc3cc24)cc1. The highest BCUT2D eigenvalue weighted by Gasteiger charge is 2.09. The van der Waals surface area contributed by atoms with Gasteiger partial charge in [-0.1, -0.05) is 86.8 Å². The predicted molar refractivity (Wildman–Crippen MR) is 148 cm³/mol. The first-order chi connectivity index (χ1) is 16.3. The van der Waals surface area contributed by atoms with Crippen LogP contribution in [0.2, 0.25) is 0 Å². The summed E-state index contributed by atoms with van der Waals surface area (Å²) < 4.78 is 2.74. The summed E-state index contributed by atoms with van der Waals surface area (Å²) in [6.07, 6.45) is 6.47. The molecule has 0 radical (unpaired) electrons. The fourth-order valence-corrected chi connectivity index (χ4v) is 6.17. The third kappa shape index (κ3) is 3.92. The molecule has 6 rings (SSSR count). The van der Waals surface area contributed by atoms with E-state index in [-0.39, 0.29) is 0 Å². The van der Waals surface area contributed by atoms with E-state index in [4.69, 9.17) is 0 Å². The number of thiophene rings is 1. The number of unbranched alkanes of at least 4 members (excludes halogenated alkanes) is 3. The molecule has 5 aromatic carbocycles. The first-order valence-electron chi connectivity index (χ1n) is 12.2. The number of rotatable bonds is 6. The van der Waals surface area contributed by atoms with Crippen LogP contribution >= 0.6 is 11.3 Å². The van der Waals surface area contributed by atoms with Gasteiger partial charge in [-0.25, -0.2) is 0 Å². The first-order valence-corrected chi connectivity index (χ1v) is 13.0. The number of aryl methyl sites for hydroxylation is 1.